The van der Waals surface area contributed by atoms with E-state index in [1.54, 1.807) is 14.2 Å². The van der Waals surface area contributed by atoms with Crippen LogP contribution in [0, 0.1) is 11.6 Å². The summed E-state index contributed by atoms with van der Waals surface area (Å²) in [5.41, 5.74) is 2.46. The number of para-hydroxylation sites is 1. The molecule has 1 aliphatic carbocycles. The number of amides is 2. The van der Waals surface area contributed by atoms with Gasteiger partial charge in [-0.05, 0) is 67.6 Å². The molecule has 8 heteroatoms. The average molecular weight is 508 g/mol. The van der Waals surface area contributed by atoms with Gasteiger partial charge in [0.15, 0.2) is 23.1 Å². The molecule has 3 atom stereocenters. The number of halogens is 2. The summed E-state index contributed by atoms with van der Waals surface area (Å²) in [6.45, 7) is 0.900. The number of anilines is 2. The van der Waals surface area contributed by atoms with E-state index >= 15 is 0 Å². The summed E-state index contributed by atoms with van der Waals surface area (Å²) in [4.78, 5) is 15.2. The van der Waals surface area contributed by atoms with Crippen molar-refractivity contribution >= 4 is 17.4 Å². The lowest BCUT2D eigenvalue weighted by molar-refractivity contribution is 0.220. The van der Waals surface area contributed by atoms with Crippen molar-refractivity contribution in [3.63, 3.8) is 0 Å². The summed E-state index contributed by atoms with van der Waals surface area (Å²) in [5.74, 6) is -0.551. The molecule has 5 rings (SSSR count). The molecule has 2 fully saturated rings. The molecule has 2 N–H and O–H groups in total. The third-order valence-electron chi connectivity index (χ3n) is 7.82. The van der Waals surface area contributed by atoms with E-state index in [1.807, 2.05) is 24.3 Å². The Hall–Kier alpha value is -3.81. The van der Waals surface area contributed by atoms with Gasteiger partial charge >= 0.3 is 6.03 Å². The highest BCUT2D eigenvalue weighted by Gasteiger charge is 2.52. The summed E-state index contributed by atoms with van der Waals surface area (Å²) in [5, 5.41) is 5.69. The lowest BCUT2D eigenvalue weighted by Gasteiger charge is -2.46. The van der Waals surface area contributed by atoms with E-state index in [0.29, 0.717) is 11.5 Å². The molecule has 6 nitrogen and oxygen atoms in total. The van der Waals surface area contributed by atoms with Crippen LogP contribution in [-0.2, 0) is 5.41 Å². The molecule has 194 valence electrons. The van der Waals surface area contributed by atoms with Gasteiger partial charge in [-0.25, -0.2) is 13.6 Å². The maximum atomic E-state index is 13.6. The molecule has 3 aromatic rings. The molecule has 0 unspecified atom stereocenters. The van der Waals surface area contributed by atoms with Crippen molar-refractivity contribution in [2.24, 2.45) is 0 Å². The van der Waals surface area contributed by atoms with Gasteiger partial charge in [-0.1, -0.05) is 24.3 Å². The number of hydrogen-bond donors (Lipinski definition) is 2. The second-order valence-electron chi connectivity index (χ2n) is 9.72. The van der Waals surface area contributed by atoms with Crippen molar-refractivity contribution in [3.8, 4) is 11.5 Å². The number of methoxy groups -OCH3 is 2. The van der Waals surface area contributed by atoms with Crippen molar-refractivity contribution in [1.82, 2.24) is 5.32 Å². The number of hydrogen-bond acceptors (Lipinski definition) is 4. The van der Waals surface area contributed by atoms with E-state index in [9.17, 15) is 13.6 Å². The first kappa shape index (κ1) is 24.9. The SMILES string of the molecule is COc1ccc([C@@]23CC[C@H](NC(=O)Nc4ccc(F)c(F)c4)C[C@H]2N(c2ccccc2)CC3)cc1OC. The van der Waals surface area contributed by atoms with Gasteiger partial charge in [-0.15, -0.1) is 0 Å². The van der Waals surface area contributed by atoms with E-state index in [0.717, 1.165) is 50.0 Å². The smallest absolute Gasteiger partial charge is 0.319 e. The van der Waals surface area contributed by atoms with Crippen LogP contribution >= 0.6 is 0 Å². The van der Waals surface area contributed by atoms with E-state index in [2.05, 4.69) is 39.8 Å². The molecular formula is C29H31F2N3O3. The molecule has 37 heavy (non-hydrogen) atoms. The highest BCUT2D eigenvalue weighted by atomic mass is 19.2. The van der Waals surface area contributed by atoms with Crippen molar-refractivity contribution in [3.05, 3.63) is 83.9 Å². The second kappa shape index (κ2) is 10.3. The van der Waals surface area contributed by atoms with Gasteiger partial charge in [0, 0.05) is 41.5 Å². The number of rotatable bonds is 6. The van der Waals surface area contributed by atoms with Crippen LogP contribution in [0.25, 0.3) is 0 Å². The number of ether oxygens (including phenoxy) is 2. The molecular weight excluding hydrogens is 476 g/mol. The summed E-state index contributed by atoms with van der Waals surface area (Å²) in [6, 6.07) is 19.5. The zero-order valence-corrected chi connectivity index (χ0v) is 21.0. The van der Waals surface area contributed by atoms with Gasteiger partial charge in [-0.2, -0.15) is 0 Å². The number of carbonyl (C=O) groups excluding carboxylic acids is 1. The molecule has 0 radical (unpaired) electrons. The summed E-state index contributed by atoms with van der Waals surface area (Å²) in [6.07, 6.45) is 3.40. The largest absolute Gasteiger partial charge is 0.493 e. The Labute approximate surface area is 215 Å². The molecule has 1 heterocycles. The third-order valence-corrected chi connectivity index (χ3v) is 7.82. The van der Waals surface area contributed by atoms with Gasteiger partial charge in [-0.3, -0.25) is 0 Å². The maximum Gasteiger partial charge on any atom is 0.319 e. The Kier molecular flexibility index (Phi) is 6.91. The average Bonchev–Trinajstić information content (AvgIpc) is 3.30. The molecule has 3 aromatic carbocycles. The van der Waals surface area contributed by atoms with Gasteiger partial charge in [0.25, 0.3) is 0 Å². The van der Waals surface area contributed by atoms with E-state index in [4.69, 9.17) is 9.47 Å². The monoisotopic (exact) mass is 507 g/mol. The fraction of sp³-hybridized carbons (Fsp3) is 0.345. The number of fused-ring (bicyclic) bond motifs is 1. The molecule has 0 aromatic heterocycles. The Morgan fingerprint density at radius 2 is 1.73 bits per heavy atom. The minimum Gasteiger partial charge on any atom is -0.493 e. The zero-order chi connectivity index (χ0) is 26.0. The molecule has 0 spiro atoms. The van der Waals surface area contributed by atoms with Crippen LogP contribution in [0.15, 0.2) is 66.7 Å². The fourth-order valence-corrected chi connectivity index (χ4v) is 6.02. The fourth-order valence-electron chi connectivity index (χ4n) is 6.02. The lowest BCUT2D eigenvalue weighted by Crippen LogP contribution is -2.53. The minimum atomic E-state index is -1.00. The molecule has 1 aliphatic heterocycles. The van der Waals surface area contributed by atoms with Crippen LogP contribution in [0.1, 0.15) is 31.2 Å². The quantitative estimate of drug-likeness (QED) is 0.438. The molecule has 1 saturated heterocycles. The normalized spacial score (nSPS) is 22.8. The van der Waals surface area contributed by atoms with E-state index < -0.39 is 17.7 Å². The van der Waals surface area contributed by atoms with Crippen LogP contribution in [0.3, 0.4) is 0 Å². The number of urea groups is 1. The topological polar surface area (TPSA) is 62.8 Å². The number of carbonyl (C=O) groups is 1. The summed E-state index contributed by atoms with van der Waals surface area (Å²) >= 11 is 0. The van der Waals surface area contributed by atoms with Gasteiger partial charge < -0.3 is 25.0 Å². The summed E-state index contributed by atoms with van der Waals surface area (Å²) in [7, 11) is 3.28. The molecule has 2 aliphatic rings. The van der Waals surface area contributed by atoms with Crippen LogP contribution < -0.4 is 25.0 Å². The zero-order valence-electron chi connectivity index (χ0n) is 21.0. The second-order valence-corrected chi connectivity index (χ2v) is 9.72. The standard InChI is InChI=1S/C29H31F2N3O3/c1-36-25-11-8-19(16-26(25)37-2)29-13-12-21(33-28(35)32-20-9-10-23(30)24(31)17-20)18-27(29)34(15-14-29)22-6-4-3-5-7-22/h3-11,16-17,21,27H,12-15,18H2,1-2H3,(H2,32,33,35)/t21-,27+,29-/m0/s1. The van der Waals surface area contributed by atoms with E-state index in [1.165, 1.54) is 11.6 Å². The Bertz CT molecular complexity index is 1270. The van der Waals surface area contributed by atoms with Crippen LogP contribution in [0.4, 0.5) is 25.0 Å². The first-order valence-electron chi connectivity index (χ1n) is 12.5. The highest BCUT2D eigenvalue weighted by molar-refractivity contribution is 5.89. The maximum absolute atomic E-state index is 13.6. The predicted molar refractivity (Wildman–Crippen MR) is 140 cm³/mol. The highest BCUT2D eigenvalue weighted by Crippen LogP contribution is 2.51. The number of nitrogens with one attached hydrogen (secondary N) is 2. The van der Waals surface area contributed by atoms with Gasteiger partial charge in [0.05, 0.1) is 14.2 Å². The Morgan fingerprint density at radius 3 is 2.46 bits per heavy atom. The van der Waals surface area contributed by atoms with Crippen LogP contribution in [0.2, 0.25) is 0 Å². The van der Waals surface area contributed by atoms with Crippen molar-refractivity contribution in [1.29, 1.82) is 0 Å². The van der Waals surface area contributed by atoms with Gasteiger partial charge in [0.1, 0.15) is 0 Å². The van der Waals surface area contributed by atoms with Crippen LogP contribution in [0.5, 0.6) is 11.5 Å². The minimum absolute atomic E-state index is 0.0760. The van der Waals surface area contributed by atoms with Crippen molar-refractivity contribution < 1.29 is 23.0 Å². The molecule has 1 saturated carbocycles. The van der Waals surface area contributed by atoms with E-state index in [-0.39, 0.29) is 23.2 Å². The van der Waals surface area contributed by atoms with Crippen molar-refractivity contribution in [2.75, 3.05) is 31.0 Å². The molecule has 2 amide bonds. The summed E-state index contributed by atoms with van der Waals surface area (Å²) < 4.78 is 37.9. The van der Waals surface area contributed by atoms with Gasteiger partial charge in [0.2, 0.25) is 0 Å². The van der Waals surface area contributed by atoms with Crippen molar-refractivity contribution in [2.45, 2.75) is 43.2 Å². The Morgan fingerprint density at radius 1 is 0.946 bits per heavy atom. The first-order chi connectivity index (χ1) is 17.9. The predicted octanol–water partition coefficient (Wildman–Crippen LogP) is 5.87. The van der Waals surface area contributed by atoms with Crippen LogP contribution in [-0.4, -0.2) is 38.9 Å². The Balaban J connectivity index is 1.40. The number of benzene rings is 3. The lowest BCUT2D eigenvalue weighted by atomic mass is 9.65. The number of nitrogens with zero attached hydrogens (tertiary/aromatic N) is 1. The third kappa shape index (κ3) is 4.80. The molecule has 0 bridgehead atoms. The first-order valence-corrected chi connectivity index (χ1v) is 12.5.